The van der Waals surface area contributed by atoms with Gasteiger partial charge in [0.2, 0.25) is 11.7 Å². The number of nitrogens with one attached hydrogen (secondary N) is 2. The van der Waals surface area contributed by atoms with E-state index in [0.717, 1.165) is 12.2 Å². The Labute approximate surface area is 184 Å². The Morgan fingerprint density at radius 1 is 1.31 bits per heavy atom. The zero-order chi connectivity index (χ0) is 22.6. The largest absolute Gasteiger partial charge is 0.453 e. The molecule has 0 aliphatic heterocycles. The van der Waals surface area contributed by atoms with Gasteiger partial charge in [0.1, 0.15) is 11.9 Å². The first-order valence-corrected chi connectivity index (χ1v) is 10.6. The lowest BCUT2D eigenvalue weighted by Crippen LogP contribution is -2.41. The van der Waals surface area contributed by atoms with Crippen LogP contribution in [0.5, 0.6) is 0 Å². The molecule has 0 aromatic carbocycles. The number of aliphatic hydroxyl groups is 2. The maximum Gasteiger partial charge on any atom is 0.229 e. The lowest BCUT2D eigenvalue weighted by atomic mass is 9.98. The van der Waals surface area contributed by atoms with Gasteiger partial charge in [-0.05, 0) is 30.4 Å². The molecule has 2 saturated carbocycles. The van der Waals surface area contributed by atoms with E-state index in [4.69, 9.17) is 4.42 Å². The van der Waals surface area contributed by atoms with Crippen molar-refractivity contribution in [3.8, 4) is 11.8 Å². The smallest absolute Gasteiger partial charge is 0.229 e. The van der Waals surface area contributed by atoms with E-state index in [0.29, 0.717) is 29.2 Å². The van der Waals surface area contributed by atoms with Crippen LogP contribution in [0, 0.1) is 23.2 Å². The summed E-state index contributed by atoms with van der Waals surface area (Å²) in [4.78, 5) is 25.9. The van der Waals surface area contributed by atoms with Gasteiger partial charge < -0.3 is 29.8 Å². The number of aryl methyl sites for hydroxylation is 1. The Hall–Kier alpha value is -3.42. The summed E-state index contributed by atoms with van der Waals surface area (Å²) in [6.45, 7) is 2.00. The number of furan rings is 1. The van der Waals surface area contributed by atoms with E-state index in [1.807, 2.05) is 13.0 Å². The number of aromatic nitrogens is 4. The fourth-order valence-corrected chi connectivity index (χ4v) is 4.90. The van der Waals surface area contributed by atoms with Crippen LogP contribution in [0.3, 0.4) is 0 Å². The van der Waals surface area contributed by atoms with Crippen molar-refractivity contribution in [1.82, 2.24) is 24.8 Å². The van der Waals surface area contributed by atoms with Crippen LogP contribution in [-0.4, -0.2) is 61.9 Å². The number of carbonyl (C=O) groups excluding carboxylic acids is 1. The second-order valence-electron chi connectivity index (χ2n) is 8.20. The quantitative estimate of drug-likeness (QED) is 0.433. The minimum absolute atomic E-state index is 0.219. The topological polar surface area (TPSA) is 138 Å². The van der Waals surface area contributed by atoms with E-state index >= 15 is 0 Å². The van der Waals surface area contributed by atoms with Crippen molar-refractivity contribution in [2.75, 3.05) is 19.4 Å². The second-order valence-corrected chi connectivity index (χ2v) is 8.20. The summed E-state index contributed by atoms with van der Waals surface area (Å²) in [7, 11) is 3.26. The molecule has 3 aromatic heterocycles. The van der Waals surface area contributed by atoms with Gasteiger partial charge in [0, 0.05) is 26.4 Å². The number of imidazole rings is 1. The Kier molecular flexibility index (Phi) is 4.69. The molecule has 3 aromatic rings. The third kappa shape index (κ3) is 2.82. The summed E-state index contributed by atoms with van der Waals surface area (Å²) in [6.07, 6.45) is 0.551. The maximum atomic E-state index is 12.4. The van der Waals surface area contributed by atoms with Crippen molar-refractivity contribution in [3.63, 3.8) is 0 Å². The van der Waals surface area contributed by atoms with Crippen molar-refractivity contribution in [3.05, 3.63) is 35.8 Å². The molecule has 0 saturated heterocycles. The highest BCUT2D eigenvalue weighted by Gasteiger charge is 2.75. The highest BCUT2D eigenvalue weighted by Crippen LogP contribution is 2.67. The van der Waals surface area contributed by atoms with Crippen LogP contribution in [0.1, 0.15) is 36.7 Å². The number of fused-ring (bicyclic) bond motifs is 2. The van der Waals surface area contributed by atoms with Crippen molar-refractivity contribution < 1.29 is 19.4 Å². The first-order chi connectivity index (χ1) is 15.4. The van der Waals surface area contributed by atoms with Crippen LogP contribution in [-0.2, 0) is 11.2 Å². The second kappa shape index (κ2) is 7.32. The molecule has 3 heterocycles. The standard InChI is InChI=1S/C22H24N6O4/c1-4-11-5-6-12(32-11)7-8-14-26-19(23-2)15-20(27-14)28(10-25-15)16-13-9-22(13,21(31)24-3)18(30)17(16)29/h5-6,10,13,16-18,29-30H,4,9H2,1-3H3,(H,24,31)(H,23,26,27)/t13-,16-,17+,18+,22+/m1/s1. The van der Waals surface area contributed by atoms with Gasteiger partial charge in [-0.1, -0.05) is 6.92 Å². The zero-order valence-electron chi connectivity index (χ0n) is 18.0. The number of hydrogen-bond donors (Lipinski definition) is 4. The molecule has 32 heavy (non-hydrogen) atoms. The van der Waals surface area contributed by atoms with Crippen LogP contribution in [0.4, 0.5) is 5.82 Å². The van der Waals surface area contributed by atoms with Crippen LogP contribution in [0.25, 0.3) is 11.2 Å². The van der Waals surface area contributed by atoms with Crippen molar-refractivity contribution in [2.24, 2.45) is 11.3 Å². The summed E-state index contributed by atoms with van der Waals surface area (Å²) < 4.78 is 7.34. The number of carbonyl (C=O) groups is 1. The molecule has 0 bridgehead atoms. The molecular weight excluding hydrogens is 412 g/mol. The van der Waals surface area contributed by atoms with Crippen molar-refractivity contribution >= 4 is 22.9 Å². The SMILES string of the molecule is CCc1ccc(C#Cc2nc(NC)c3ncn([C@H]4[C@H](O)[C@H](O)[C@]5(C(=O)NC)C[C@H]45)c3n2)o1. The van der Waals surface area contributed by atoms with Crippen LogP contribution < -0.4 is 10.6 Å². The summed E-state index contributed by atoms with van der Waals surface area (Å²) in [5.74, 6) is 7.50. The molecule has 0 spiro atoms. The van der Waals surface area contributed by atoms with Crippen molar-refractivity contribution in [1.29, 1.82) is 0 Å². The molecule has 2 fully saturated rings. The van der Waals surface area contributed by atoms with Gasteiger partial charge in [0.25, 0.3) is 0 Å². The highest BCUT2D eigenvalue weighted by atomic mass is 16.3. The molecule has 2 aliphatic rings. The molecule has 0 radical (unpaired) electrons. The van der Waals surface area contributed by atoms with Gasteiger partial charge in [-0.25, -0.2) is 15.0 Å². The number of anilines is 1. The van der Waals surface area contributed by atoms with Gasteiger partial charge in [-0.15, -0.1) is 0 Å². The Morgan fingerprint density at radius 2 is 2.12 bits per heavy atom. The van der Waals surface area contributed by atoms with Crippen LogP contribution in [0.2, 0.25) is 0 Å². The predicted octanol–water partition coefficient (Wildman–Crippen LogP) is 0.452. The summed E-state index contributed by atoms with van der Waals surface area (Å²) in [6, 6.07) is 3.14. The molecule has 10 heteroatoms. The lowest BCUT2D eigenvalue weighted by Gasteiger charge is -2.23. The Balaban J connectivity index is 1.56. The molecular formula is C22H24N6O4. The number of rotatable bonds is 4. The Bertz CT molecular complexity index is 1270. The third-order valence-electron chi connectivity index (χ3n) is 6.61. The number of nitrogens with zero attached hydrogens (tertiary/aromatic N) is 4. The molecule has 0 unspecified atom stereocenters. The average molecular weight is 436 g/mol. The van der Waals surface area contributed by atoms with Gasteiger partial charge in [-0.3, -0.25) is 4.79 Å². The average Bonchev–Trinajstić information content (AvgIpc) is 3.09. The first kappa shape index (κ1) is 20.5. The molecule has 4 N–H and O–H groups in total. The maximum absolute atomic E-state index is 12.4. The normalized spacial score (nSPS) is 28.2. The van der Waals surface area contributed by atoms with Crippen molar-refractivity contribution in [2.45, 2.75) is 38.0 Å². The van der Waals surface area contributed by atoms with Gasteiger partial charge in [0.05, 0.1) is 23.9 Å². The lowest BCUT2D eigenvalue weighted by molar-refractivity contribution is -0.132. The fourth-order valence-electron chi connectivity index (χ4n) is 4.90. The van der Waals surface area contributed by atoms with Gasteiger partial charge in [0.15, 0.2) is 22.7 Å². The van der Waals surface area contributed by atoms with E-state index < -0.39 is 23.7 Å². The van der Waals surface area contributed by atoms with E-state index in [1.165, 1.54) is 7.05 Å². The highest BCUT2D eigenvalue weighted by molar-refractivity contribution is 5.88. The Morgan fingerprint density at radius 3 is 2.81 bits per heavy atom. The summed E-state index contributed by atoms with van der Waals surface area (Å²) in [5.41, 5.74) is 0.00927. The third-order valence-corrected chi connectivity index (χ3v) is 6.61. The molecule has 1 amide bonds. The first-order valence-electron chi connectivity index (χ1n) is 10.6. The molecule has 5 rings (SSSR count). The molecule has 2 aliphatic carbocycles. The summed E-state index contributed by atoms with van der Waals surface area (Å²) >= 11 is 0. The molecule has 166 valence electrons. The van der Waals surface area contributed by atoms with E-state index in [2.05, 4.69) is 37.4 Å². The van der Waals surface area contributed by atoms with E-state index in [-0.39, 0.29) is 17.6 Å². The van der Waals surface area contributed by atoms with Gasteiger partial charge >= 0.3 is 0 Å². The zero-order valence-corrected chi connectivity index (χ0v) is 18.0. The molecule has 10 nitrogen and oxygen atoms in total. The predicted molar refractivity (Wildman–Crippen MR) is 115 cm³/mol. The number of amides is 1. The minimum Gasteiger partial charge on any atom is -0.453 e. The summed E-state index contributed by atoms with van der Waals surface area (Å²) in [5, 5.41) is 27.1. The fraction of sp³-hybridized carbons (Fsp3) is 0.455. The number of aliphatic hydroxyl groups excluding tert-OH is 2. The van der Waals surface area contributed by atoms with Crippen LogP contribution in [0.15, 0.2) is 22.9 Å². The monoisotopic (exact) mass is 436 g/mol. The van der Waals surface area contributed by atoms with E-state index in [9.17, 15) is 15.0 Å². The molecule has 5 atom stereocenters. The number of hydrogen-bond acceptors (Lipinski definition) is 8. The minimum atomic E-state index is -1.16. The van der Waals surface area contributed by atoms with Gasteiger partial charge in [-0.2, -0.15) is 0 Å². The van der Waals surface area contributed by atoms with E-state index in [1.54, 1.807) is 24.0 Å². The van der Waals surface area contributed by atoms with Crippen LogP contribution >= 0.6 is 0 Å².